The van der Waals surface area contributed by atoms with Crippen molar-refractivity contribution in [2.45, 2.75) is 51.6 Å². The summed E-state index contributed by atoms with van der Waals surface area (Å²) in [7, 11) is 0. The van der Waals surface area contributed by atoms with Crippen LogP contribution in [0.15, 0.2) is 0 Å². The van der Waals surface area contributed by atoms with Crippen LogP contribution in [-0.4, -0.2) is 48.6 Å². The molecule has 2 saturated heterocycles. The van der Waals surface area contributed by atoms with Crippen molar-refractivity contribution >= 4 is 11.9 Å². The molecule has 0 radical (unpaired) electrons. The maximum Gasteiger partial charge on any atom is 0.328 e. The Morgan fingerprint density at radius 3 is 2.74 bits per heavy atom. The summed E-state index contributed by atoms with van der Waals surface area (Å²) in [5, 5.41) is 3.30. The smallest absolute Gasteiger partial charge is 0.328 e. The molecule has 2 aliphatic rings. The van der Waals surface area contributed by atoms with Crippen LogP contribution in [0.1, 0.15) is 39.5 Å². The standard InChI is InChI=1S/C14H24N2O3/c1-3-19-14(18)12-6-4-5-9-16(12)13(17)11-7-8-15-10(11)2/h10-12,15H,3-9H2,1-2H3. The van der Waals surface area contributed by atoms with E-state index in [1.54, 1.807) is 11.8 Å². The van der Waals surface area contributed by atoms with E-state index < -0.39 is 0 Å². The fourth-order valence-electron chi connectivity index (χ4n) is 3.09. The van der Waals surface area contributed by atoms with Crippen LogP contribution in [-0.2, 0) is 14.3 Å². The van der Waals surface area contributed by atoms with Crippen molar-refractivity contribution in [2.24, 2.45) is 5.92 Å². The van der Waals surface area contributed by atoms with Gasteiger partial charge in [-0.1, -0.05) is 0 Å². The molecule has 2 fully saturated rings. The Morgan fingerprint density at radius 2 is 2.11 bits per heavy atom. The molecule has 0 saturated carbocycles. The minimum absolute atomic E-state index is 0.00928. The number of carbonyl (C=O) groups excluding carboxylic acids is 2. The summed E-state index contributed by atoms with van der Waals surface area (Å²) in [6.07, 6.45) is 3.58. The normalized spacial score (nSPS) is 31.3. The van der Waals surface area contributed by atoms with Gasteiger partial charge in [-0.05, 0) is 46.1 Å². The number of likely N-dealkylation sites (tertiary alicyclic amines) is 1. The highest BCUT2D eigenvalue weighted by Crippen LogP contribution is 2.25. The van der Waals surface area contributed by atoms with E-state index in [2.05, 4.69) is 5.32 Å². The number of nitrogens with one attached hydrogen (secondary N) is 1. The molecule has 1 amide bonds. The van der Waals surface area contributed by atoms with E-state index in [1.165, 1.54) is 0 Å². The Balaban J connectivity index is 2.06. The lowest BCUT2D eigenvalue weighted by molar-refractivity contribution is -0.158. The van der Waals surface area contributed by atoms with Crippen molar-refractivity contribution in [3.8, 4) is 0 Å². The molecule has 0 bridgehead atoms. The van der Waals surface area contributed by atoms with Crippen LogP contribution in [0, 0.1) is 5.92 Å². The van der Waals surface area contributed by atoms with E-state index in [1.807, 2.05) is 6.92 Å². The molecule has 0 aromatic rings. The van der Waals surface area contributed by atoms with Gasteiger partial charge in [0, 0.05) is 12.6 Å². The Kier molecular flexibility index (Phi) is 4.80. The summed E-state index contributed by atoms with van der Waals surface area (Å²) < 4.78 is 5.10. The molecule has 0 aliphatic carbocycles. The van der Waals surface area contributed by atoms with Gasteiger partial charge in [-0.2, -0.15) is 0 Å². The molecule has 1 N–H and O–H groups in total. The monoisotopic (exact) mass is 268 g/mol. The van der Waals surface area contributed by atoms with E-state index in [-0.39, 0.29) is 29.9 Å². The number of nitrogens with zero attached hydrogens (tertiary/aromatic N) is 1. The van der Waals surface area contributed by atoms with Crippen LogP contribution < -0.4 is 5.32 Å². The molecular formula is C14H24N2O3. The highest BCUT2D eigenvalue weighted by molar-refractivity contribution is 5.86. The Labute approximate surface area is 114 Å². The first-order valence-electron chi connectivity index (χ1n) is 7.35. The number of esters is 1. The first-order valence-corrected chi connectivity index (χ1v) is 7.35. The fourth-order valence-corrected chi connectivity index (χ4v) is 3.09. The first-order chi connectivity index (χ1) is 9.15. The van der Waals surface area contributed by atoms with Gasteiger partial charge in [-0.25, -0.2) is 4.79 Å². The highest BCUT2D eigenvalue weighted by atomic mass is 16.5. The zero-order chi connectivity index (χ0) is 13.8. The van der Waals surface area contributed by atoms with Gasteiger partial charge in [0.15, 0.2) is 0 Å². The molecule has 19 heavy (non-hydrogen) atoms. The first kappa shape index (κ1) is 14.3. The number of hydrogen-bond acceptors (Lipinski definition) is 4. The minimum atomic E-state index is -0.367. The van der Waals surface area contributed by atoms with Crippen LogP contribution in [0.5, 0.6) is 0 Å². The molecule has 2 rings (SSSR count). The van der Waals surface area contributed by atoms with E-state index in [0.717, 1.165) is 32.2 Å². The summed E-state index contributed by atoms with van der Waals surface area (Å²) in [6.45, 7) is 5.79. The van der Waals surface area contributed by atoms with Gasteiger partial charge in [-0.3, -0.25) is 4.79 Å². The Morgan fingerprint density at radius 1 is 1.32 bits per heavy atom. The van der Waals surface area contributed by atoms with Gasteiger partial charge in [0.2, 0.25) is 5.91 Å². The number of amides is 1. The third kappa shape index (κ3) is 3.08. The maximum atomic E-state index is 12.6. The van der Waals surface area contributed by atoms with E-state index >= 15 is 0 Å². The quantitative estimate of drug-likeness (QED) is 0.774. The number of carbonyl (C=O) groups is 2. The summed E-state index contributed by atoms with van der Waals surface area (Å²) in [5.74, 6) is -0.112. The third-order valence-corrected chi connectivity index (χ3v) is 4.19. The maximum absolute atomic E-state index is 12.6. The number of hydrogen-bond donors (Lipinski definition) is 1. The van der Waals surface area contributed by atoms with Crippen LogP contribution in [0.2, 0.25) is 0 Å². The summed E-state index contributed by atoms with van der Waals surface area (Å²) in [4.78, 5) is 26.3. The predicted molar refractivity (Wildman–Crippen MR) is 71.6 cm³/mol. The van der Waals surface area contributed by atoms with Gasteiger partial charge in [-0.15, -0.1) is 0 Å². The van der Waals surface area contributed by atoms with E-state index in [0.29, 0.717) is 13.2 Å². The number of ether oxygens (including phenoxy) is 1. The van der Waals surface area contributed by atoms with Crippen LogP contribution in [0.4, 0.5) is 0 Å². The van der Waals surface area contributed by atoms with Gasteiger partial charge < -0.3 is 15.0 Å². The van der Waals surface area contributed by atoms with E-state index in [9.17, 15) is 9.59 Å². The highest BCUT2D eigenvalue weighted by Gasteiger charge is 2.39. The van der Waals surface area contributed by atoms with Crippen molar-refractivity contribution < 1.29 is 14.3 Å². The van der Waals surface area contributed by atoms with Gasteiger partial charge >= 0.3 is 5.97 Å². The zero-order valence-corrected chi connectivity index (χ0v) is 11.9. The second-order valence-electron chi connectivity index (χ2n) is 5.43. The predicted octanol–water partition coefficient (Wildman–Crippen LogP) is 0.929. The van der Waals surface area contributed by atoms with Crippen molar-refractivity contribution in [2.75, 3.05) is 19.7 Å². The lowest BCUT2D eigenvalue weighted by atomic mass is 9.95. The molecule has 2 heterocycles. The molecule has 3 atom stereocenters. The van der Waals surface area contributed by atoms with Crippen molar-refractivity contribution in [1.29, 1.82) is 0 Å². The molecule has 108 valence electrons. The summed E-state index contributed by atoms with van der Waals surface area (Å²) in [6, 6.07) is -0.161. The molecule has 0 aromatic heterocycles. The lowest BCUT2D eigenvalue weighted by Gasteiger charge is -2.36. The molecular weight excluding hydrogens is 244 g/mol. The lowest BCUT2D eigenvalue weighted by Crippen LogP contribution is -2.52. The third-order valence-electron chi connectivity index (χ3n) is 4.19. The summed E-state index contributed by atoms with van der Waals surface area (Å²) >= 11 is 0. The second-order valence-corrected chi connectivity index (χ2v) is 5.43. The number of rotatable bonds is 3. The van der Waals surface area contributed by atoms with Gasteiger partial charge in [0.1, 0.15) is 6.04 Å². The van der Waals surface area contributed by atoms with Crippen molar-refractivity contribution in [3.63, 3.8) is 0 Å². The van der Waals surface area contributed by atoms with Crippen molar-refractivity contribution in [1.82, 2.24) is 10.2 Å². The van der Waals surface area contributed by atoms with Crippen molar-refractivity contribution in [3.05, 3.63) is 0 Å². The molecule has 0 aromatic carbocycles. The van der Waals surface area contributed by atoms with Crippen LogP contribution >= 0.6 is 0 Å². The molecule has 3 unspecified atom stereocenters. The molecule has 2 aliphatic heterocycles. The van der Waals surface area contributed by atoms with Crippen LogP contribution in [0.3, 0.4) is 0 Å². The molecule has 0 spiro atoms. The average molecular weight is 268 g/mol. The van der Waals surface area contributed by atoms with Crippen LogP contribution in [0.25, 0.3) is 0 Å². The zero-order valence-electron chi connectivity index (χ0n) is 11.9. The Hall–Kier alpha value is -1.10. The summed E-state index contributed by atoms with van der Waals surface area (Å²) in [5.41, 5.74) is 0. The second kappa shape index (κ2) is 6.37. The van der Waals surface area contributed by atoms with Gasteiger partial charge in [0.05, 0.1) is 12.5 Å². The fraction of sp³-hybridized carbons (Fsp3) is 0.857. The molecule has 5 nitrogen and oxygen atoms in total. The SMILES string of the molecule is CCOC(=O)C1CCCCN1C(=O)C1CCNC1C. The minimum Gasteiger partial charge on any atom is -0.464 e. The largest absolute Gasteiger partial charge is 0.464 e. The number of piperidine rings is 1. The molecule has 5 heteroatoms. The Bertz CT molecular complexity index is 346. The van der Waals surface area contributed by atoms with Gasteiger partial charge in [0.25, 0.3) is 0 Å². The van der Waals surface area contributed by atoms with E-state index in [4.69, 9.17) is 4.74 Å². The average Bonchev–Trinajstić information content (AvgIpc) is 2.84. The topological polar surface area (TPSA) is 58.6 Å².